The Morgan fingerprint density at radius 2 is 1.65 bits per heavy atom. The molecule has 0 fully saturated rings. The van der Waals surface area contributed by atoms with Crippen molar-refractivity contribution in [3.8, 4) is 5.75 Å². The number of carbonyl (C=O) groups excluding carboxylic acids is 2. The summed E-state index contributed by atoms with van der Waals surface area (Å²) in [6.45, 7) is -0.116. The smallest absolute Gasteiger partial charge is 0.268 e. The molecule has 0 spiro atoms. The van der Waals surface area contributed by atoms with Crippen molar-refractivity contribution in [1.82, 2.24) is 4.72 Å². The molecule has 2 N–H and O–H groups in total. The lowest BCUT2D eigenvalue weighted by molar-refractivity contribution is -0.119. The lowest BCUT2D eigenvalue weighted by Gasteiger charge is -2.10. The third kappa shape index (κ3) is 4.80. The van der Waals surface area contributed by atoms with Crippen molar-refractivity contribution in [2.75, 3.05) is 26.1 Å². The minimum absolute atomic E-state index is 0.0991. The average molecular weight is 378 g/mol. The summed E-state index contributed by atoms with van der Waals surface area (Å²) in [6, 6.07) is 11.7. The first-order chi connectivity index (χ1) is 12.4. The highest BCUT2D eigenvalue weighted by molar-refractivity contribution is 7.90. The fourth-order valence-corrected chi connectivity index (χ4v) is 3.08. The predicted molar refractivity (Wildman–Crippen MR) is 94.6 cm³/mol. The van der Waals surface area contributed by atoms with Crippen LogP contribution in [0.4, 0.5) is 5.69 Å². The Kier molecular flexibility index (Phi) is 6.31. The molecule has 0 saturated heterocycles. The van der Waals surface area contributed by atoms with Crippen LogP contribution in [-0.4, -0.2) is 41.1 Å². The van der Waals surface area contributed by atoms with Gasteiger partial charge in [-0.1, -0.05) is 12.1 Å². The number of sulfonamides is 1. The van der Waals surface area contributed by atoms with Crippen LogP contribution in [-0.2, 0) is 19.6 Å². The van der Waals surface area contributed by atoms with E-state index in [4.69, 9.17) is 9.47 Å². The summed E-state index contributed by atoms with van der Waals surface area (Å²) in [6.07, 6.45) is 0. The molecule has 2 aromatic rings. The van der Waals surface area contributed by atoms with E-state index in [0.717, 1.165) is 0 Å². The van der Waals surface area contributed by atoms with Crippen molar-refractivity contribution >= 4 is 27.5 Å². The summed E-state index contributed by atoms with van der Waals surface area (Å²) in [4.78, 5) is 23.6. The van der Waals surface area contributed by atoms with Crippen molar-refractivity contribution in [3.05, 3.63) is 54.1 Å². The first-order valence-corrected chi connectivity index (χ1v) is 8.94. The van der Waals surface area contributed by atoms with Crippen LogP contribution in [0, 0.1) is 0 Å². The third-order valence-electron chi connectivity index (χ3n) is 3.30. The monoisotopic (exact) mass is 378 g/mol. The largest absolute Gasteiger partial charge is 0.496 e. The SMILES string of the molecule is COCC(=O)Nc1ccc(S(=O)(=O)NC(=O)c2ccccc2OC)cc1. The van der Waals surface area contributed by atoms with Gasteiger partial charge in [-0.25, -0.2) is 13.1 Å². The van der Waals surface area contributed by atoms with Gasteiger partial charge in [0.2, 0.25) is 5.91 Å². The van der Waals surface area contributed by atoms with Gasteiger partial charge >= 0.3 is 0 Å². The molecule has 0 radical (unpaired) electrons. The highest BCUT2D eigenvalue weighted by Crippen LogP contribution is 2.19. The molecule has 2 amide bonds. The molecule has 0 saturated carbocycles. The van der Waals surface area contributed by atoms with Crippen LogP contribution in [0.5, 0.6) is 5.75 Å². The summed E-state index contributed by atoms with van der Waals surface area (Å²) in [5, 5.41) is 2.54. The van der Waals surface area contributed by atoms with Crippen LogP contribution in [0.1, 0.15) is 10.4 Å². The van der Waals surface area contributed by atoms with Gasteiger partial charge in [0.25, 0.3) is 15.9 Å². The first-order valence-electron chi connectivity index (χ1n) is 7.46. The minimum atomic E-state index is -4.08. The van der Waals surface area contributed by atoms with Gasteiger partial charge in [0.15, 0.2) is 0 Å². The second kappa shape index (κ2) is 8.45. The van der Waals surface area contributed by atoms with Crippen LogP contribution in [0.25, 0.3) is 0 Å². The number of methoxy groups -OCH3 is 2. The molecular formula is C17H18N2O6S. The topological polar surface area (TPSA) is 111 Å². The van der Waals surface area contributed by atoms with Crippen LogP contribution >= 0.6 is 0 Å². The Balaban J connectivity index is 2.14. The van der Waals surface area contributed by atoms with Gasteiger partial charge in [-0.15, -0.1) is 0 Å². The van der Waals surface area contributed by atoms with E-state index in [1.54, 1.807) is 18.2 Å². The van der Waals surface area contributed by atoms with E-state index in [2.05, 4.69) is 5.32 Å². The molecule has 9 heteroatoms. The first kappa shape index (κ1) is 19.4. The number of amides is 2. The summed E-state index contributed by atoms with van der Waals surface area (Å²) in [5.74, 6) is -0.913. The van der Waals surface area contributed by atoms with Crippen LogP contribution in [0.15, 0.2) is 53.4 Å². The molecule has 26 heavy (non-hydrogen) atoms. The molecule has 0 bridgehead atoms. The second-order valence-corrected chi connectivity index (χ2v) is 6.82. The second-order valence-electron chi connectivity index (χ2n) is 5.14. The number of rotatable bonds is 7. The average Bonchev–Trinajstić information content (AvgIpc) is 2.62. The summed E-state index contributed by atoms with van der Waals surface area (Å²) in [7, 11) is -1.31. The maximum absolute atomic E-state index is 12.4. The molecule has 0 aliphatic rings. The van der Waals surface area contributed by atoms with Gasteiger partial charge in [-0.3, -0.25) is 9.59 Å². The number of para-hydroxylation sites is 1. The van der Waals surface area contributed by atoms with E-state index in [1.165, 1.54) is 44.6 Å². The minimum Gasteiger partial charge on any atom is -0.496 e. The highest BCUT2D eigenvalue weighted by Gasteiger charge is 2.21. The zero-order chi connectivity index (χ0) is 19.2. The lowest BCUT2D eigenvalue weighted by atomic mass is 10.2. The van der Waals surface area contributed by atoms with E-state index in [9.17, 15) is 18.0 Å². The van der Waals surface area contributed by atoms with Crippen LogP contribution in [0.3, 0.4) is 0 Å². The molecule has 8 nitrogen and oxygen atoms in total. The number of ether oxygens (including phenoxy) is 2. The Bertz CT molecular complexity index is 894. The molecule has 2 aromatic carbocycles. The molecule has 138 valence electrons. The van der Waals surface area contributed by atoms with Crippen molar-refractivity contribution in [2.45, 2.75) is 4.90 Å². The van der Waals surface area contributed by atoms with Gasteiger partial charge in [-0.2, -0.15) is 0 Å². The molecular weight excluding hydrogens is 360 g/mol. The van der Waals surface area contributed by atoms with Crippen molar-refractivity contribution in [1.29, 1.82) is 0 Å². The maximum atomic E-state index is 12.4. The number of nitrogens with one attached hydrogen (secondary N) is 2. The molecule has 0 aliphatic carbocycles. The molecule has 0 atom stereocenters. The summed E-state index contributed by atoms with van der Waals surface area (Å²) in [5.41, 5.74) is 0.504. The predicted octanol–water partition coefficient (Wildman–Crippen LogP) is 1.40. The van der Waals surface area contributed by atoms with Crippen LogP contribution < -0.4 is 14.8 Å². The molecule has 0 heterocycles. The number of carbonyl (C=O) groups is 2. The summed E-state index contributed by atoms with van der Waals surface area (Å²) >= 11 is 0. The number of anilines is 1. The maximum Gasteiger partial charge on any atom is 0.268 e. The number of benzene rings is 2. The Hall–Kier alpha value is -2.91. The van der Waals surface area contributed by atoms with Gasteiger partial charge in [-0.05, 0) is 36.4 Å². The van der Waals surface area contributed by atoms with Crippen molar-refractivity contribution < 1.29 is 27.5 Å². The Morgan fingerprint density at radius 3 is 2.27 bits per heavy atom. The van der Waals surface area contributed by atoms with Crippen molar-refractivity contribution in [3.63, 3.8) is 0 Å². The van der Waals surface area contributed by atoms with Gasteiger partial charge in [0.05, 0.1) is 17.6 Å². The lowest BCUT2D eigenvalue weighted by Crippen LogP contribution is -2.30. The molecule has 0 aromatic heterocycles. The highest BCUT2D eigenvalue weighted by atomic mass is 32.2. The zero-order valence-electron chi connectivity index (χ0n) is 14.2. The molecule has 0 unspecified atom stereocenters. The Labute approximate surface area is 151 Å². The zero-order valence-corrected chi connectivity index (χ0v) is 15.0. The third-order valence-corrected chi connectivity index (χ3v) is 4.65. The van der Waals surface area contributed by atoms with E-state index in [-0.39, 0.29) is 28.7 Å². The number of hydrogen-bond donors (Lipinski definition) is 2. The number of hydrogen-bond acceptors (Lipinski definition) is 6. The van der Waals surface area contributed by atoms with Gasteiger partial charge in [0.1, 0.15) is 12.4 Å². The van der Waals surface area contributed by atoms with E-state index >= 15 is 0 Å². The van der Waals surface area contributed by atoms with Crippen LogP contribution in [0.2, 0.25) is 0 Å². The van der Waals surface area contributed by atoms with E-state index in [0.29, 0.717) is 5.69 Å². The van der Waals surface area contributed by atoms with E-state index in [1.807, 2.05) is 4.72 Å². The Morgan fingerprint density at radius 1 is 1.00 bits per heavy atom. The van der Waals surface area contributed by atoms with E-state index < -0.39 is 15.9 Å². The summed E-state index contributed by atoms with van der Waals surface area (Å²) < 4.78 is 36.5. The fourth-order valence-electron chi connectivity index (χ4n) is 2.11. The molecule has 2 rings (SSSR count). The quantitative estimate of drug-likeness (QED) is 0.753. The molecule has 0 aliphatic heterocycles. The van der Waals surface area contributed by atoms with Crippen molar-refractivity contribution in [2.24, 2.45) is 0 Å². The van der Waals surface area contributed by atoms with Gasteiger partial charge in [0, 0.05) is 12.8 Å². The van der Waals surface area contributed by atoms with Gasteiger partial charge < -0.3 is 14.8 Å². The fraction of sp³-hybridized carbons (Fsp3) is 0.176. The standard InChI is InChI=1S/C17H18N2O6S/c1-24-11-16(20)18-12-7-9-13(10-8-12)26(22,23)19-17(21)14-5-3-4-6-15(14)25-2/h3-10H,11H2,1-2H3,(H,18,20)(H,19,21). The normalized spacial score (nSPS) is 10.8.